The first-order chi connectivity index (χ1) is 16.2. The summed E-state index contributed by atoms with van der Waals surface area (Å²) >= 11 is 12.2. The van der Waals surface area contributed by atoms with Crippen LogP contribution in [-0.2, 0) is 4.79 Å². The largest absolute Gasteiger partial charge is 0.508 e. The number of carbonyl (C=O) groups is 1. The molecular formula is C25H23ClFN3O3S. The van der Waals surface area contributed by atoms with Gasteiger partial charge in [0.25, 0.3) is 5.91 Å². The van der Waals surface area contributed by atoms with Gasteiger partial charge in [-0.25, -0.2) is 4.39 Å². The van der Waals surface area contributed by atoms with E-state index < -0.39 is 12.4 Å². The van der Waals surface area contributed by atoms with E-state index in [2.05, 4.69) is 6.58 Å². The van der Waals surface area contributed by atoms with Gasteiger partial charge in [-0.05, 0) is 34.5 Å². The maximum atomic E-state index is 15.6. The number of benzene rings is 3. The minimum Gasteiger partial charge on any atom is -0.508 e. The Bertz CT molecular complexity index is 1320. The molecule has 0 radical (unpaired) electrons. The first-order valence-electron chi connectivity index (χ1n) is 10.6. The number of thiocarbonyl (C=S) groups is 1. The van der Waals surface area contributed by atoms with Gasteiger partial charge in [0, 0.05) is 42.9 Å². The Labute approximate surface area is 206 Å². The molecule has 0 saturated carbocycles. The van der Waals surface area contributed by atoms with E-state index in [-0.39, 0.29) is 33.5 Å². The highest BCUT2D eigenvalue weighted by Gasteiger charge is 2.27. The number of carbonyl (C=O) groups excluding carboxylic acids is 1. The number of hydrogen-bond acceptors (Lipinski definition) is 5. The minimum atomic E-state index is -0.714. The predicted octanol–water partition coefficient (Wildman–Crippen LogP) is 3.96. The van der Waals surface area contributed by atoms with Crippen LogP contribution in [0.15, 0.2) is 54.6 Å². The zero-order valence-electron chi connectivity index (χ0n) is 18.2. The molecule has 176 valence electrons. The van der Waals surface area contributed by atoms with E-state index in [9.17, 15) is 9.90 Å². The third kappa shape index (κ3) is 4.32. The van der Waals surface area contributed by atoms with Crippen LogP contribution < -0.4 is 5.73 Å². The summed E-state index contributed by atoms with van der Waals surface area (Å²) in [5.74, 6) is -1.03. The number of nitrogens with two attached hydrogens (primary N) is 1. The first-order valence-corrected chi connectivity index (χ1v) is 11.4. The summed E-state index contributed by atoms with van der Waals surface area (Å²) in [4.78, 5) is 16.0. The van der Waals surface area contributed by atoms with E-state index in [0.717, 1.165) is 10.8 Å². The second kappa shape index (κ2) is 9.58. The summed E-state index contributed by atoms with van der Waals surface area (Å²) in [5, 5.41) is 20.9. The lowest BCUT2D eigenvalue weighted by molar-refractivity contribution is -0.128. The number of aromatic hydroxyl groups is 1. The molecule has 4 N–H and O–H groups in total. The molecular weight excluding hydrogens is 477 g/mol. The average Bonchev–Trinajstić information content (AvgIpc) is 2.84. The minimum absolute atomic E-state index is 0.0152. The number of halogens is 2. The van der Waals surface area contributed by atoms with Crippen molar-refractivity contribution in [1.29, 1.82) is 0 Å². The topological polar surface area (TPSA) is 90.0 Å². The van der Waals surface area contributed by atoms with E-state index in [1.807, 2.05) is 29.2 Å². The molecule has 34 heavy (non-hydrogen) atoms. The maximum absolute atomic E-state index is 15.6. The molecule has 4 rings (SSSR count). The molecule has 0 aliphatic carbocycles. The van der Waals surface area contributed by atoms with Crippen LogP contribution in [-0.4, -0.2) is 63.7 Å². The van der Waals surface area contributed by atoms with Crippen molar-refractivity contribution in [3.63, 3.8) is 0 Å². The van der Waals surface area contributed by atoms with Gasteiger partial charge in [-0.1, -0.05) is 54.7 Å². The Morgan fingerprint density at radius 1 is 1.15 bits per heavy atom. The fraction of sp³-hybridized carbons (Fsp3) is 0.200. The number of nitrogen functional groups attached to an aromatic ring is 1. The normalized spacial score (nSPS) is 13.9. The zero-order chi connectivity index (χ0) is 24.6. The maximum Gasteiger partial charge on any atom is 0.251 e. The highest BCUT2D eigenvalue weighted by molar-refractivity contribution is 7.80. The van der Waals surface area contributed by atoms with Crippen LogP contribution in [0.4, 0.5) is 10.1 Å². The lowest BCUT2D eigenvalue weighted by atomic mass is 9.95. The van der Waals surface area contributed by atoms with Gasteiger partial charge in [0.2, 0.25) is 0 Å². The van der Waals surface area contributed by atoms with E-state index in [1.165, 1.54) is 6.07 Å². The molecule has 1 saturated heterocycles. The number of anilines is 1. The number of aliphatic hydroxyl groups is 1. The highest BCUT2D eigenvalue weighted by atomic mass is 35.5. The van der Waals surface area contributed by atoms with Crippen LogP contribution in [0.25, 0.3) is 21.9 Å². The molecule has 0 aromatic heterocycles. The lowest BCUT2D eigenvalue weighted by Crippen LogP contribution is -2.51. The third-order valence-corrected chi connectivity index (χ3v) is 6.73. The number of fused-ring (bicyclic) bond motifs is 1. The molecule has 1 fully saturated rings. The summed E-state index contributed by atoms with van der Waals surface area (Å²) in [7, 11) is 0. The smallest absolute Gasteiger partial charge is 0.251 e. The van der Waals surface area contributed by atoms with Crippen molar-refractivity contribution in [1.82, 2.24) is 9.80 Å². The first kappa shape index (κ1) is 23.9. The predicted molar refractivity (Wildman–Crippen MR) is 137 cm³/mol. The molecule has 0 bridgehead atoms. The monoisotopic (exact) mass is 499 g/mol. The van der Waals surface area contributed by atoms with Crippen molar-refractivity contribution < 1.29 is 19.4 Å². The molecule has 1 heterocycles. The van der Waals surface area contributed by atoms with Gasteiger partial charge in [-0.15, -0.1) is 0 Å². The molecule has 0 atom stereocenters. The van der Waals surface area contributed by atoms with Crippen LogP contribution in [0.3, 0.4) is 0 Å². The van der Waals surface area contributed by atoms with Crippen LogP contribution >= 0.6 is 23.8 Å². The van der Waals surface area contributed by atoms with Gasteiger partial charge in [-0.2, -0.15) is 0 Å². The lowest BCUT2D eigenvalue weighted by Gasteiger charge is -2.36. The third-order valence-electron chi connectivity index (χ3n) is 5.95. The number of rotatable bonds is 4. The van der Waals surface area contributed by atoms with Gasteiger partial charge in [-0.3, -0.25) is 4.79 Å². The van der Waals surface area contributed by atoms with Crippen molar-refractivity contribution in [3.05, 3.63) is 71.0 Å². The Balaban J connectivity index is 1.65. The molecule has 9 heteroatoms. The molecule has 3 aromatic carbocycles. The van der Waals surface area contributed by atoms with Gasteiger partial charge in [0.15, 0.2) is 5.82 Å². The second-order valence-corrected chi connectivity index (χ2v) is 8.86. The quantitative estimate of drug-likeness (QED) is 0.286. The number of nitrogens with zero attached hydrogens (tertiary/aromatic N) is 2. The zero-order valence-corrected chi connectivity index (χ0v) is 19.8. The van der Waals surface area contributed by atoms with Crippen molar-refractivity contribution in [2.75, 3.05) is 38.5 Å². The van der Waals surface area contributed by atoms with Gasteiger partial charge < -0.3 is 25.7 Å². The van der Waals surface area contributed by atoms with Gasteiger partial charge in [0.1, 0.15) is 10.7 Å². The summed E-state index contributed by atoms with van der Waals surface area (Å²) in [5.41, 5.74) is 7.01. The number of piperazine rings is 1. The Kier molecular flexibility index (Phi) is 6.74. The van der Waals surface area contributed by atoms with Crippen molar-refractivity contribution >= 4 is 51.2 Å². The number of hydrogen-bond donors (Lipinski definition) is 3. The Hall–Kier alpha value is -3.20. The molecule has 0 unspecified atom stereocenters. The van der Waals surface area contributed by atoms with Crippen LogP contribution in [0.1, 0.15) is 5.56 Å². The molecule has 1 aliphatic rings. The number of phenolic OH excluding ortho intramolecular Hbond substituents is 1. The van der Waals surface area contributed by atoms with Gasteiger partial charge in [0.05, 0.1) is 17.3 Å². The molecule has 3 aromatic rings. The summed E-state index contributed by atoms with van der Waals surface area (Å²) in [6.07, 6.45) is 0. The molecule has 1 amide bonds. The Morgan fingerprint density at radius 2 is 1.79 bits per heavy atom. The fourth-order valence-corrected chi connectivity index (χ4v) is 4.78. The summed E-state index contributed by atoms with van der Waals surface area (Å²) in [6.45, 7) is 4.76. The molecule has 6 nitrogen and oxygen atoms in total. The molecule has 0 spiro atoms. The van der Waals surface area contributed by atoms with E-state index >= 15 is 4.39 Å². The SMILES string of the molecule is C=C(CO)C(=O)N1CCN(C(=S)c2cc(Cl)c(-c3cc(O)cc4ccccc34)c(F)c2N)CC1. The standard InChI is InChI=1S/C25H23ClFN3O3S/c1-14(13-31)24(33)29-6-8-30(9-7-29)25(34)19-12-20(26)21(22(27)23(19)28)18-11-16(32)10-15-4-2-3-5-17(15)18/h2-5,10-12,31-32H,1,6-9,13,28H2. The van der Waals surface area contributed by atoms with Crippen LogP contribution in [0, 0.1) is 5.82 Å². The van der Waals surface area contributed by atoms with Crippen LogP contribution in [0.5, 0.6) is 5.75 Å². The van der Waals surface area contributed by atoms with E-state index in [4.69, 9.17) is 34.7 Å². The molecule has 1 aliphatic heterocycles. The van der Waals surface area contributed by atoms with Gasteiger partial charge >= 0.3 is 0 Å². The average molecular weight is 500 g/mol. The Morgan fingerprint density at radius 3 is 2.47 bits per heavy atom. The summed E-state index contributed by atoms with van der Waals surface area (Å²) in [6, 6.07) is 11.9. The van der Waals surface area contributed by atoms with Crippen molar-refractivity contribution in [2.24, 2.45) is 0 Å². The summed E-state index contributed by atoms with van der Waals surface area (Å²) < 4.78 is 15.6. The highest BCUT2D eigenvalue weighted by Crippen LogP contribution is 2.41. The number of aliphatic hydroxyl groups excluding tert-OH is 1. The number of phenols is 1. The van der Waals surface area contributed by atoms with E-state index in [0.29, 0.717) is 42.3 Å². The van der Waals surface area contributed by atoms with E-state index in [1.54, 1.807) is 17.0 Å². The fourth-order valence-electron chi connectivity index (χ4n) is 4.13. The van der Waals surface area contributed by atoms with Crippen molar-refractivity contribution in [3.8, 4) is 16.9 Å². The van der Waals surface area contributed by atoms with Crippen LogP contribution in [0.2, 0.25) is 5.02 Å². The van der Waals surface area contributed by atoms with Crippen molar-refractivity contribution in [2.45, 2.75) is 0 Å². The number of amides is 1. The second-order valence-electron chi connectivity index (χ2n) is 8.07.